The highest BCUT2D eigenvalue weighted by atomic mass is 16.5. The molecule has 0 aliphatic carbocycles. The van der Waals surface area contributed by atoms with Gasteiger partial charge in [-0.2, -0.15) is 0 Å². The summed E-state index contributed by atoms with van der Waals surface area (Å²) in [6.07, 6.45) is 1.57. The first-order valence-corrected chi connectivity index (χ1v) is 6.01. The molecule has 1 rings (SSSR count). The standard InChI is InChI=1S/C12H20N4O2/c1-3-16(4-2)8-9-18-10-6-5-7-14-11(10)12(13)15-17/h5-7,17H,3-4,8-9H2,1-2H3,(H2,13,15). The first-order valence-electron chi connectivity index (χ1n) is 6.01. The molecule has 0 unspecified atom stereocenters. The fraction of sp³-hybridized carbons (Fsp3) is 0.500. The van der Waals surface area contributed by atoms with E-state index in [0.29, 0.717) is 18.1 Å². The molecular weight excluding hydrogens is 232 g/mol. The van der Waals surface area contributed by atoms with Crippen molar-refractivity contribution in [3.63, 3.8) is 0 Å². The Morgan fingerprint density at radius 3 is 2.83 bits per heavy atom. The van der Waals surface area contributed by atoms with Crippen molar-refractivity contribution in [2.75, 3.05) is 26.2 Å². The van der Waals surface area contributed by atoms with E-state index in [0.717, 1.165) is 19.6 Å². The van der Waals surface area contributed by atoms with E-state index in [1.54, 1.807) is 18.3 Å². The molecular formula is C12H20N4O2. The molecule has 0 amide bonds. The van der Waals surface area contributed by atoms with Crippen LogP contribution < -0.4 is 10.5 Å². The Hall–Kier alpha value is -1.82. The number of oxime groups is 1. The maximum absolute atomic E-state index is 8.66. The smallest absolute Gasteiger partial charge is 0.192 e. The molecule has 100 valence electrons. The maximum atomic E-state index is 8.66. The lowest BCUT2D eigenvalue weighted by molar-refractivity contribution is 0.222. The van der Waals surface area contributed by atoms with Crippen LogP contribution in [0.2, 0.25) is 0 Å². The van der Waals surface area contributed by atoms with Crippen molar-refractivity contribution in [2.24, 2.45) is 10.9 Å². The summed E-state index contributed by atoms with van der Waals surface area (Å²) < 4.78 is 5.62. The highest BCUT2D eigenvalue weighted by molar-refractivity contribution is 5.97. The third-order valence-electron chi connectivity index (χ3n) is 2.68. The average molecular weight is 252 g/mol. The molecule has 3 N–H and O–H groups in total. The van der Waals surface area contributed by atoms with Gasteiger partial charge in [-0.25, -0.2) is 4.98 Å². The Balaban J connectivity index is 2.62. The van der Waals surface area contributed by atoms with E-state index in [4.69, 9.17) is 15.7 Å². The van der Waals surface area contributed by atoms with Gasteiger partial charge in [0.2, 0.25) is 0 Å². The number of rotatable bonds is 7. The molecule has 6 nitrogen and oxygen atoms in total. The molecule has 0 aromatic carbocycles. The van der Waals surface area contributed by atoms with E-state index in [1.165, 1.54) is 0 Å². The zero-order valence-electron chi connectivity index (χ0n) is 10.8. The molecule has 0 saturated heterocycles. The predicted molar refractivity (Wildman–Crippen MR) is 70.0 cm³/mol. The molecule has 0 aliphatic rings. The number of aromatic nitrogens is 1. The van der Waals surface area contributed by atoms with Gasteiger partial charge < -0.3 is 20.6 Å². The van der Waals surface area contributed by atoms with Gasteiger partial charge >= 0.3 is 0 Å². The summed E-state index contributed by atoms with van der Waals surface area (Å²) in [5.74, 6) is 0.480. The van der Waals surface area contributed by atoms with E-state index >= 15 is 0 Å². The van der Waals surface area contributed by atoms with Crippen LogP contribution in [0.5, 0.6) is 5.75 Å². The molecule has 1 heterocycles. The van der Waals surface area contributed by atoms with E-state index < -0.39 is 0 Å². The van der Waals surface area contributed by atoms with Gasteiger partial charge in [0.25, 0.3) is 0 Å². The summed E-state index contributed by atoms with van der Waals surface area (Å²) in [5.41, 5.74) is 5.89. The third-order valence-corrected chi connectivity index (χ3v) is 2.68. The highest BCUT2D eigenvalue weighted by Gasteiger charge is 2.09. The van der Waals surface area contributed by atoms with Crippen molar-refractivity contribution in [1.29, 1.82) is 0 Å². The predicted octanol–water partition coefficient (Wildman–Crippen LogP) is 0.897. The summed E-state index contributed by atoms with van der Waals surface area (Å²) in [6.45, 7) is 7.56. The van der Waals surface area contributed by atoms with Crippen molar-refractivity contribution >= 4 is 5.84 Å². The fourth-order valence-corrected chi connectivity index (χ4v) is 1.57. The monoisotopic (exact) mass is 252 g/mol. The lowest BCUT2D eigenvalue weighted by Gasteiger charge is -2.18. The molecule has 1 aromatic rings. The van der Waals surface area contributed by atoms with E-state index in [2.05, 4.69) is 28.9 Å². The highest BCUT2D eigenvalue weighted by Crippen LogP contribution is 2.14. The molecule has 0 aliphatic heterocycles. The first kappa shape index (κ1) is 14.2. The molecule has 0 bridgehead atoms. The number of hydrogen-bond donors (Lipinski definition) is 2. The fourth-order valence-electron chi connectivity index (χ4n) is 1.57. The number of pyridine rings is 1. The van der Waals surface area contributed by atoms with Gasteiger partial charge in [-0.3, -0.25) is 0 Å². The van der Waals surface area contributed by atoms with Crippen LogP contribution in [0.15, 0.2) is 23.5 Å². The lowest BCUT2D eigenvalue weighted by Crippen LogP contribution is -2.28. The van der Waals surface area contributed by atoms with Crippen molar-refractivity contribution in [3.05, 3.63) is 24.0 Å². The molecule has 6 heteroatoms. The second kappa shape index (κ2) is 7.50. The minimum atomic E-state index is -0.0477. The molecule has 0 radical (unpaired) electrons. The van der Waals surface area contributed by atoms with E-state index in [9.17, 15) is 0 Å². The largest absolute Gasteiger partial charge is 0.490 e. The van der Waals surface area contributed by atoms with Gasteiger partial charge in [0, 0.05) is 12.7 Å². The number of amidine groups is 1. The molecule has 18 heavy (non-hydrogen) atoms. The number of nitrogens with zero attached hydrogens (tertiary/aromatic N) is 3. The van der Waals surface area contributed by atoms with Gasteiger partial charge in [-0.05, 0) is 25.2 Å². The van der Waals surface area contributed by atoms with Crippen LogP contribution in [0.1, 0.15) is 19.5 Å². The maximum Gasteiger partial charge on any atom is 0.192 e. The summed E-state index contributed by atoms with van der Waals surface area (Å²) in [5, 5.41) is 11.6. The Bertz CT molecular complexity index is 391. The topological polar surface area (TPSA) is 84.0 Å². The minimum absolute atomic E-state index is 0.0477. The quantitative estimate of drug-likeness (QED) is 0.326. The zero-order chi connectivity index (χ0) is 13.4. The van der Waals surface area contributed by atoms with Crippen LogP contribution in [-0.2, 0) is 0 Å². The van der Waals surface area contributed by atoms with Crippen LogP contribution in [0.3, 0.4) is 0 Å². The van der Waals surface area contributed by atoms with Crippen molar-refractivity contribution in [3.8, 4) is 5.75 Å². The number of likely N-dealkylation sites (N-methyl/N-ethyl adjacent to an activating group) is 1. The Morgan fingerprint density at radius 2 is 2.22 bits per heavy atom. The van der Waals surface area contributed by atoms with Gasteiger partial charge in [-0.1, -0.05) is 19.0 Å². The number of ether oxygens (including phenoxy) is 1. The van der Waals surface area contributed by atoms with Crippen LogP contribution in [0.25, 0.3) is 0 Å². The zero-order valence-corrected chi connectivity index (χ0v) is 10.8. The summed E-state index contributed by atoms with van der Waals surface area (Å²) in [7, 11) is 0. The summed E-state index contributed by atoms with van der Waals surface area (Å²) in [4.78, 5) is 6.28. The SMILES string of the molecule is CCN(CC)CCOc1cccnc1/C(N)=N/O. The average Bonchev–Trinajstić information content (AvgIpc) is 2.43. The lowest BCUT2D eigenvalue weighted by atomic mass is 10.3. The second-order valence-corrected chi connectivity index (χ2v) is 3.71. The van der Waals surface area contributed by atoms with Gasteiger partial charge in [0.15, 0.2) is 11.5 Å². The second-order valence-electron chi connectivity index (χ2n) is 3.71. The summed E-state index contributed by atoms with van der Waals surface area (Å²) >= 11 is 0. The third kappa shape index (κ3) is 3.89. The molecule has 0 fully saturated rings. The van der Waals surface area contributed by atoms with Gasteiger partial charge in [-0.15, -0.1) is 0 Å². The molecule has 1 aromatic heterocycles. The van der Waals surface area contributed by atoms with Crippen LogP contribution >= 0.6 is 0 Å². The molecule has 0 atom stereocenters. The summed E-state index contributed by atoms with van der Waals surface area (Å²) in [6, 6.07) is 3.50. The van der Waals surface area contributed by atoms with Crippen LogP contribution in [0, 0.1) is 0 Å². The van der Waals surface area contributed by atoms with Crippen molar-refractivity contribution < 1.29 is 9.94 Å². The van der Waals surface area contributed by atoms with Crippen molar-refractivity contribution in [2.45, 2.75) is 13.8 Å². The number of nitrogens with two attached hydrogens (primary N) is 1. The number of hydrogen-bond acceptors (Lipinski definition) is 5. The Morgan fingerprint density at radius 1 is 1.50 bits per heavy atom. The van der Waals surface area contributed by atoms with E-state index in [1.807, 2.05) is 0 Å². The normalized spacial score (nSPS) is 11.8. The van der Waals surface area contributed by atoms with Crippen LogP contribution in [-0.4, -0.2) is 47.2 Å². The Labute approximate surface area is 107 Å². The van der Waals surface area contributed by atoms with Gasteiger partial charge in [0.05, 0.1) is 0 Å². The molecule has 0 spiro atoms. The Kier molecular flexibility index (Phi) is 5.93. The first-order chi connectivity index (χ1) is 8.72. The minimum Gasteiger partial charge on any atom is -0.490 e. The molecule has 0 saturated carbocycles. The van der Waals surface area contributed by atoms with E-state index in [-0.39, 0.29) is 5.84 Å². The van der Waals surface area contributed by atoms with Gasteiger partial charge in [0.1, 0.15) is 12.4 Å². The van der Waals surface area contributed by atoms with Crippen LogP contribution in [0.4, 0.5) is 0 Å². The van der Waals surface area contributed by atoms with Crippen molar-refractivity contribution in [1.82, 2.24) is 9.88 Å².